The maximum Gasteiger partial charge on any atom is 0.315 e. The first-order valence-corrected chi connectivity index (χ1v) is 9.07. The van der Waals surface area contributed by atoms with Crippen LogP contribution in [-0.2, 0) is 11.3 Å². The van der Waals surface area contributed by atoms with E-state index in [-0.39, 0.29) is 12.1 Å². The summed E-state index contributed by atoms with van der Waals surface area (Å²) in [4.78, 5) is 14.6. The van der Waals surface area contributed by atoms with Crippen LogP contribution in [0.2, 0.25) is 0 Å². The first kappa shape index (κ1) is 18.7. The summed E-state index contributed by atoms with van der Waals surface area (Å²) < 4.78 is 5.40. The highest BCUT2D eigenvalue weighted by atomic mass is 16.5. The number of carbonyl (C=O) groups excluding carboxylic acids is 1. The number of carbonyl (C=O) groups is 1. The molecule has 0 aliphatic carbocycles. The highest BCUT2D eigenvalue weighted by Gasteiger charge is 2.26. The molecule has 2 atom stereocenters. The summed E-state index contributed by atoms with van der Waals surface area (Å²) in [6.45, 7) is 9.61. The number of amides is 2. The number of nitrogens with one attached hydrogen (secondary N) is 2. The van der Waals surface area contributed by atoms with Gasteiger partial charge in [-0.25, -0.2) is 4.79 Å². The Morgan fingerprint density at radius 3 is 2.83 bits per heavy atom. The quantitative estimate of drug-likeness (QED) is 0.719. The molecule has 2 N–H and O–H groups in total. The van der Waals surface area contributed by atoms with Gasteiger partial charge < -0.3 is 20.3 Å². The third-order valence-corrected chi connectivity index (χ3v) is 4.57. The van der Waals surface area contributed by atoms with Crippen LogP contribution in [0.25, 0.3) is 0 Å². The molecule has 1 heterocycles. The molecule has 2 rings (SSSR count). The Labute approximate surface area is 145 Å². The smallest absolute Gasteiger partial charge is 0.315 e. The zero-order valence-electron chi connectivity index (χ0n) is 15.0. The molecular formula is C19H31N3O2. The molecule has 5 nitrogen and oxygen atoms in total. The Morgan fingerprint density at radius 1 is 1.33 bits per heavy atom. The van der Waals surface area contributed by atoms with Crippen molar-refractivity contribution in [2.24, 2.45) is 5.92 Å². The fraction of sp³-hybridized carbons (Fsp3) is 0.632. The molecule has 2 amide bonds. The molecule has 0 aromatic heterocycles. The van der Waals surface area contributed by atoms with E-state index in [1.54, 1.807) is 0 Å². The van der Waals surface area contributed by atoms with Gasteiger partial charge in [0.15, 0.2) is 0 Å². The molecule has 1 saturated heterocycles. The van der Waals surface area contributed by atoms with Gasteiger partial charge in [0, 0.05) is 45.4 Å². The molecule has 1 aromatic rings. The summed E-state index contributed by atoms with van der Waals surface area (Å²) in [6.07, 6.45) is 2.09. The number of urea groups is 1. The van der Waals surface area contributed by atoms with Gasteiger partial charge in [0.2, 0.25) is 0 Å². The van der Waals surface area contributed by atoms with Gasteiger partial charge in [0.25, 0.3) is 0 Å². The lowest BCUT2D eigenvalue weighted by atomic mass is 9.94. The topological polar surface area (TPSA) is 53.6 Å². The summed E-state index contributed by atoms with van der Waals surface area (Å²) in [5.41, 5.74) is 1.12. The van der Waals surface area contributed by atoms with Gasteiger partial charge in [0.05, 0.1) is 0 Å². The zero-order chi connectivity index (χ0) is 17.2. The van der Waals surface area contributed by atoms with Gasteiger partial charge in [-0.1, -0.05) is 37.3 Å². The SMILES string of the molecule is CCOCCCN1CC[C@@H](NC(=O)NCc2ccccc2)[C@@H](C)C1. The van der Waals surface area contributed by atoms with Crippen LogP contribution in [-0.4, -0.2) is 49.8 Å². The second-order valence-electron chi connectivity index (χ2n) is 6.54. The maximum atomic E-state index is 12.1. The standard InChI is InChI=1S/C19H31N3O2/c1-3-24-13-7-11-22-12-10-18(16(2)15-22)21-19(23)20-14-17-8-5-4-6-9-17/h4-6,8-9,16,18H,3,7,10-15H2,1-2H3,(H2,20,21,23)/t16-,18+/m0/s1. The van der Waals surface area contributed by atoms with Crippen molar-refractivity contribution >= 4 is 6.03 Å². The van der Waals surface area contributed by atoms with Crippen molar-refractivity contribution in [3.63, 3.8) is 0 Å². The van der Waals surface area contributed by atoms with Crippen molar-refractivity contribution in [2.75, 3.05) is 32.8 Å². The average Bonchev–Trinajstić information content (AvgIpc) is 2.60. The first-order valence-electron chi connectivity index (χ1n) is 9.07. The number of ether oxygens (including phenoxy) is 1. The highest BCUT2D eigenvalue weighted by molar-refractivity contribution is 5.74. The molecule has 0 spiro atoms. The molecule has 0 bridgehead atoms. The van der Waals surface area contributed by atoms with Crippen LogP contribution < -0.4 is 10.6 Å². The Bertz CT molecular complexity index is 481. The summed E-state index contributed by atoms with van der Waals surface area (Å²) >= 11 is 0. The highest BCUT2D eigenvalue weighted by Crippen LogP contribution is 2.17. The summed E-state index contributed by atoms with van der Waals surface area (Å²) in [7, 11) is 0. The monoisotopic (exact) mass is 333 g/mol. The summed E-state index contributed by atoms with van der Waals surface area (Å²) in [5.74, 6) is 0.466. The fourth-order valence-corrected chi connectivity index (χ4v) is 3.18. The van der Waals surface area contributed by atoms with Crippen molar-refractivity contribution in [1.29, 1.82) is 0 Å². The number of piperidine rings is 1. The molecule has 1 aliphatic rings. The Morgan fingerprint density at radius 2 is 2.12 bits per heavy atom. The minimum atomic E-state index is -0.0690. The summed E-state index contributed by atoms with van der Waals surface area (Å²) in [5, 5.41) is 6.08. The predicted molar refractivity (Wildman–Crippen MR) is 96.9 cm³/mol. The van der Waals surface area contributed by atoms with Crippen molar-refractivity contribution in [3.05, 3.63) is 35.9 Å². The molecule has 5 heteroatoms. The van der Waals surface area contributed by atoms with E-state index >= 15 is 0 Å². The van der Waals surface area contributed by atoms with Crippen LogP contribution >= 0.6 is 0 Å². The van der Waals surface area contributed by atoms with Gasteiger partial charge in [-0.05, 0) is 31.2 Å². The van der Waals surface area contributed by atoms with Crippen molar-refractivity contribution in [2.45, 2.75) is 39.3 Å². The molecule has 1 fully saturated rings. The van der Waals surface area contributed by atoms with Crippen molar-refractivity contribution < 1.29 is 9.53 Å². The largest absolute Gasteiger partial charge is 0.382 e. The predicted octanol–water partition coefficient (Wildman–Crippen LogP) is 2.62. The molecule has 0 unspecified atom stereocenters. The molecule has 1 aliphatic heterocycles. The lowest BCUT2D eigenvalue weighted by Gasteiger charge is -2.37. The average molecular weight is 333 g/mol. The van der Waals surface area contributed by atoms with E-state index < -0.39 is 0 Å². The normalized spacial score (nSPS) is 21.4. The third-order valence-electron chi connectivity index (χ3n) is 4.57. The molecule has 1 aromatic carbocycles. The van der Waals surface area contributed by atoms with Gasteiger partial charge in [-0.3, -0.25) is 0 Å². The van der Waals surface area contributed by atoms with Crippen molar-refractivity contribution in [1.82, 2.24) is 15.5 Å². The summed E-state index contributed by atoms with van der Waals surface area (Å²) in [6, 6.07) is 10.2. The van der Waals surface area contributed by atoms with E-state index in [4.69, 9.17) is 4.74 Å². The number of likely N-dealkylation sites (tertiary alicyclic amines) is 1. The van der Waals surface area contributed by atoms with E-state index in [1.165, 1.54) is 0 Å². The van der Waals surface area contributed by atoms with Crippen LogP contribution in [0.3, 0.4) is 0 Å². The van der Waals surface area contributed by atoms with Gasteiger partial charge in [-0.2, -0.15) is 0 Å². The Kier molecular flexibility index (Phi) is 8.05. The lowest BCUT2D eigenvalue weighted by molar-refractivity contribution is 0.110. The second kappa shape index (κ2) is 10.3. The zero-order valence-corrected chi connectivity index (χ0v) is 15.0. The molecule has 24 heavy (non-hydrogen) atoms. The Balaban J connectivity index is 1.65. The molecule has 134 valence electrons. The van der Waals surface area contributed by atoms with Gasteiger partial charge >= 0.3 is 6.03 Å². The van der Waals surface area contributed by atoms with Gasteiger partial charge in [-0.15, -0.1) is 0 Å². The van der Waals surface area contributed by atoms with Crippen LogP contribution in [0, 0.1) is 5.92 Å². The number of hydrogen-bond acceptors (Lipinski definition) is 3. The first-order chi connectivity index (χ1) is 11.7. The van der Waals surface area contributed by atoms with Crippen LogP contribution in [0.15, 0.2) is 30.3 Å². The fourth-order valence-electron chi connectivity index (χ4n) is 3.18. The van der Waals surface area contributed by atoms with E-state index in [0.29, 0.717) is 12.5 Å². The van der Waals surface area contributed by atoms with E-state index in [1.807, 2.05) is 37.3 Å². The molecular weight excluding hydrogens is 302 g/mol. The Hall–Kier alpha value is -1.59. The third kappa shape index (κ3) is 6.49. The van der Waals surface area contributed by atoms with Crippen LogP contribution in [0.1, 0.15) is 32.3 Å². The van der Waals surface area contributed by atoms with E-state index in [2.05, 4.69) is 22.5 Å². The molecule has 0 saturated carbocycles. The number of rotatable bonds is 8. The maximum absolute atomic E-state index is 12.1. The number of nitrogens with zero attached hydrogens (tertiary/aromatic N) is 1. The molecule has 0 radical (unpaired) electrons. The van der Waals surface area contributed by atoms with E-state index in [0.717, 1.165) is 51.3 Å². The van der Waals surface area contributed by atoms with Crippen molar-refractivity contribution in [3.8, 4) is 0 Å². The van der Waals surface area contributed by atoms with E-state index in [9.17, 15) is 4.79 Å². The minimum absolute atomic E-state index is 0.0690. The second-order valence-corrected chi connectivity index (χ2v) is 6.54. The minimum Gasteiger partial charge on any atom is -0.382 e. The van der Waals surface area contributed by atoms with Crippen LogP contribution in [0.5, 0.6) is 0 Å². The van der Waals surface area contributed by atoms with Crippen LogP contribution in [0.4, 0.5) is 4.79 Å². The number of benzene rings is 1. The lowest BCUT2D eigenvalue weighted by Crippen LogP contribution is -2.52. The van der Waals surface area contributed by atoms with Gasteiger partial charge in [0.1, 0.15) is 0 Å². The number of hydrogen-bond donors (Lipinski definition) is 2.